The minimum Gasteiger partial charge on any atom is -0.324 e. The summed E-state index contributed by atoms with van der Waals surface area (Å²) < 4.78 is 0. The molecular weight excluding hydrogens is 308 g/mol. The largest absolute Gasteiger partial charge is 0.324 e. The van der Waals surface area contributed by atoms with Crippen LogP contribution in [-0.2, 0) is 14.4 Å². The summed E-state index contributed by atoms with van der Waals surface area (Å²) >= 11 is 0. The molecule has 2 N–H and O–H groups in total. The summed E-state index contributed by atoms with van der Waals surface area (Å²) in [6.07, 6.45) is 3.42. The highest BCUT2D eigenvalue weighted by molar-refractivity contribution is 6.38. The van der Waals surface area contributed by atoms with Gasteiger partial charge in [0.05, 0.1) is 0 Å². The van der Waals surface area contributed by atoms with Crippen LogP contribution in [0.15, 0.2) is 24.4 Å². The zero-order valence-corrected chi connectivity index (χ0v) is 14.3. The van der Waals surface area contributed by atoms with Gasteiger partial charge in [0.1, 0.15) is 11.9 Å². The molecule has 0 saturated carbocycles. The monoisotopic (exact) mass is 332 g/mol. The number of ketones is 1. The summed E-state index contributed by atoms with van der Waals surface area (Å²) in [5.41, 5.74) is 4.56. The second kappa shape index (κ2) is 7.42. The quantitative estimate of drug-likeness (QED) is 0.609. The molecule has 1 fully saturated rings. The number of carbonyl (C=O) groups is 3. The Morgan fingerprint density at radius 2 is 2.08 bits per heavy atom. The Labute approximate surface area is 141 Å². The van der Waals surface area contributed by atoms with E-state index in [9.17, 15) is 14.4 Å². The Morgan fingerprint density at radius 1 is 1.33 bits per heavy atom. The number of aromatic nitrogens is 1. The van der Waals surface area contributed by atoms with Gasteiger partial charge in [0.15, 0.2) is 0 Å². The first-order chi connectivity index (χ1) is 11.4. The number of likely N-dealkylation sites (tertiary alicyclic amines) is 1. The van der Waals surface area contributed by atoms with Crippen molar-refractivity contribution >= 4 is 23.4 Å². The molecule has 2 rings (SSSR count). The Morgan fingerprint density at radius 3 is 2.71 bits per heavy atom. The van der Waals surface area contributed by atoms with Crippen molar-refractivity contribution in [2.45, 2.75) is 46.1 Å². The molecule has 1 saturated heterocycles. The molecule has 130 valence electrons. The highest BCUT2D eigenvalue weighted by Crippen LogP contribution is 2.25. The van der Waals surface area contributed by atoms with Gasteiger partial charge in [0.2, 0.25) is 5.78 Å². The van der Waals surface area contributed by atoms with E-state index in [2.05, 4.69) is 15.8 Å². The van der Waals surface area contributed by atoms with E-state index in [0.717, 1.165) is 0 Å². The van der Waals surface area contributed by atoms with Gasteiger partial charge in [-0.1, -0.05) is 26.8 Å². The number of hydrogen-bond acceptors (Lipinski definition) is 5. The molecule has 1 aliphatic rings. The predicted octanol–water partition coefficient (Wildman–Crippen LogP) is 1.52. The van der Waals surface area contributed by atoms with Gasteiger partial charge in [0.25, 0.3) is 11.8 Å². The van der Waals surface area contributed by atoms with Gasteiger partial charge in [-0.05, 0) is 31.4 Å². The van der Waals surface area contributed by atoms with Gasteiger partial charge in [-0.25, -0.2) is 4.98 Å². The van der Waals surface area contributed by atoms with E-state index in [1.165, 1.54) is 4.90 Å². The number of hydrazine groups is 1. The molecule has 0 aliphatic carbocycles. The molecule has 1 aromatic heterocycles. The maximum absolute atomic E-state index is 12.5. The number of nitrogens with zero attached hydrogens (tertiary/aromatic N) is 2. The molecule has 7 nitrogen and oxygen atoms in total. The third-order valence-electron chi connectivity index (χ3n) is 4.49. The lowest BCUT2D eigenvalue weighted by molar-refractivity contribution is -0.151. The Kier molecular flexibility index (Phi) is 5.54. The Balaban J connectivity index is 2.00. The van der Waals surface area contributed by atoms with E-state index in [1.807, 2.05) is 6.92 Å². The first-order valence-electron chi connectivity index (χ1n) is 8.19. The number of amides is 2. The molecule has 1 aromatic rings. The Hall–Kier alpha value is -2.44. The van der Waals surface area contributed by atoms with Crippen molar-refractivity contribution in [1.82, 2.24) is 15.3 Å². The first-order valence-corrected chi connectivity index (χ1v) is 8.19. The molecule has 1 aliphatic heterocycles. The van der Waals surface area contributed by atoms with E-state index in [-0.39, 0.29) is 5.91 Å². The summed E-state index contributed by atoms with van der Waals surface area (Å²) in [7, 11) is 0. The van der Waals surface area contributed by atoms with Crippen molar-refractivity contribution in [3.63, 3.8) is 0 Å². The van der Waals surface area contributed by atoms with Gasteiger partial charge in [-0.15, -0.1) is 0 Å². The van der Waals surface area contributed by atoms with Crippen LogP contribution in [0.2, 0.25) is 0 Å². The highest BCUT2D eigenvalue weighted by atomic mass is 16.2. The average molecular weight is 332 g/mol. The summed E-state index contributed by atoms with van der Waals surface area (Å²) in [4.78, 5) is 42.7. The third kappa shape index (κ3) is 3.90. The maximum atomic E-state index is 12.5. The first kappa shape index (κ1) is 17.9. The average Bonchev–Trinajstić information content (AvgIpc) is 3.09. The predicted molar refractivity (Wildman–Crippen MR) is 89.8 cm³/mol. The van der Waals surface area contributed by atoms with Crippen LogP contribution in [0.3, 0.4) is 0 Å². The van der Waals surface area contributed by atoms with Gasteiger partial charge in [-0.2, -0.15) is 0 Å². The lowest BCUT2D eigenvalue weighted by atomic mass is 9.84. The third-order valence-corrected chi connectivity index (χ3v) is 4.49. The van der Waals surface area contributed by atoms with Crippen LogP contribution in [0.25, 0.3) is 0 Å². The van der Waals surface area contributed by atoms with Gasteiger partial charge < -0.3 is 4.90 Å². The zero-order chi connectivity index (χ0) is 17.7. The molecular formula is C17H24N4O3. The summed E-state index contributed by atoms with van der Waals surface area (Å²) in [6.45, 7) is 5.80. The summed E-state index contributed by atoms with van der Waals surface area (Å²) in [5.74, 6) is -0.849. The maximum Gasteiger partial charge on any atom is 0.291 e. The minimum absolute atomic E-state index is 0.339. The minimum atomic E-state index is -0.715. The number of anilines is 1. The van der Waals surface area contributed by atoms with Crippen molar-refractivity contribution in [2.75, 3.05) is 12.0 Å². The fourth-order valence-electron chi connectivity index (χ4n) is 2.51. The molecule has 0 bridgehead atoms. The smallest absolute Gasteiger partial charge is 0.291 e. The number of rotatable bonds is 6. The fraction of sp³-hybridized carbons (Fsp3) is 0.529. The second-order valence-electron chi connectivity index (χ2n) is 6.55. The van der Waals surface area contributed by atoms with Crippen LogP contribution in [-0.4, -0.2) is 40.1 Å². The topological polar surface area (TPSA) is 91.4 Å². The van der Waals surface area contributed by atoms with Crippen LogP contribution < -0.4 is 10.9 Å². The molecule has 1 unspecified atom stereocenters. The van der Waals surface area contributed by atoms with E-state index in [1.54, 1.807) is 38.2 Å². The molecule has 2 amide bonds. The van der Waals surface area contributed by atoms with Crippen molar-refractivity contribution in [2.24, 2.45) is 5.41 Å². The van der Waals surface area contributed by atoms with Crippen LogP contribution in [0.1, 0.15) is 40.0 Å². The van der Waals surface area contributed by atoms with Crippen molar-refractivity contribution in [3.8, 4) is 0 Å². The normalized spacial score (nSPS) is 17.5. The van der Waals surface area contributed by atoms with Crippen molar-refractivity contribution in [3.05, 3.63) is 24.4 Å². The Bertz CT molecular complexity index is 616. The van der Waals surface area contributed by atoms with Crippen molar-refractivity contribution in [1.29, 1.82) is 0 Å². The molecule has 0 aromatic carbocycles. The number of nitrogens with one attached hydrogen (secondary N) is 2. The van der Waals surface area contributed by atoms with Crippen LogP contribution in [0, 0.1) is 5.41 Å². The van der Waals surface area contributed by atoms with Crippen LogP contribution in [0.5, 0.6) is 0 Å². The van der Waals surface area contributed by atoms with Gasteiger partial charge in [-0.3, -0.25) is 25.2 Å². The van der Waals surface area contributed by atoms with E-state index < -0.39 is 23.1 Å². The van der Waals surface area contributed by atoms with E-state index >= 15 is 0 Å². The van der Waals surface area contributed by atoms with Crippen molar-refractivity contribution < 1.29 is 14.4 Å². The lowest BCUT2D eigenvalue weighted by Gasteiger charge is -2.27. The van der Waals surface area contributed by atoms with Crippen LogP contribution in [0.4, 0.5) is 5.82 Å². The number of pyridine rings is 1. The second-order valence-corrected chi connectivity index (χ2v) is 6.55. The fourth-order valence-corrected chi connectivity index (χ4v) is 2.51. The van der Waals surface area contributed by atoms with Gasteiger partial charge in [0, 0.05) is 18.2 Å². The number of Topliss-reactive ketones (excluding diaryl/α,β-unsaturated/α-hetero) is 1. The summed E-state index contributed by atoms with van der Waals surface area (Å²) in [6, 6.07) is 4.64. The number of carbonyl (C=O) groups excluding carboxylic acids is 3. The highest BCUT2D eigenvalue weighted by Gasteiger charge is 2.41. The number of hydrogen-bond donors (Lipinski definition) is 2. The molecule has 7 heteroatoms. The van der Waals surface area contributed by atoms with Gasteiger partial charge >= 0.3 is 0 Å². The molecule has 2 heterocycles. The molecule has 1 atom stereocenters. The standard InChI is InChI=1S/C17H24N4O3/c1-4-17(2,3)14(22)16(24)21-11-7-8-12(21)15(23)20-19-13-9-5-6-10-18-13/h5-6,9-10,12H,4,7-8,11H2,1-3H3,(H,18,19)(H,20,23). The summed E-state index contributed by atoms with van der Waals surface area (Å²) in [5, 5.41) is 0. The molecule has 24 heavy (non-hydrogen) atoms. The lowest BCUT2D eigenvalue weighted by Crippen LogP contribution is -2.51. The van der Waals surface area contributed by atoms with Crippen LogP contribution >= 0.6 is 0 Å². The van der Waals surface area contributed by atoms with E-state index in [4.69, 9.17) is 0 Å². The molecule has 0 radical (unpaired) electrons. The van der Waals surface area contributed by atoms with E-state index in [0.29, 0.717) is 31.6 Å². The molecule has 0 spiro atoms. The zero-order valence-electron chi connectivity index (χ0n) is 14.3. The SMILES string of the molecule is CCC(C)(C)C(=O)C(=O)N1CCCC1C(=O)NNc1ccccn1.